The van der Waals surface area contributed by atoms with Gasteiger partial charge in [0, 0.05) is 17.0 Å². The van der Waals surface area contributed by atoms with Crippen LogP contribution in [0.1, 0.15) is 56.8 Å². The predicted octanol–water partition coefficient (Wildman–Crippen LogP) is 3.61. The van der Waals surface area contributed by atoms with E-state index >= 15 is 0 Å². The third kappa shape index (κ3) is 5.86. The lowest BCUT2D eigenvalue weighted by Gasteiger charge is -2.27. The van der Waals surface area contributed by atoms with E-state index in [0.717, 1.165) is 23.7 Å². The quantitative estimate of drug-likeness (QED) is 0.772. The van der Waals surface area contributed by atoms with E-state index in [2.05, 4.69) is 17.6 Å². The van der Waals surface area contributed by atoms with Gasteiger partial charge in [-0.1, -0.05) is 19.1 Å². The number of rotatable bonds is 6. The van der Waals surface area contributed by atoms with Crippen LogP contribution in [0, 0.1) is 5.92 Å². The molecule has 0 radical (unpaired) electrons. The molecule has 1 aromatic carbocycles. The van der Waals surface area contributed by atoms with Crippen molar-refractivity contribution >= 4 is 23.6 Å². The number of nitrogens with one attached hydrogen (secondary N) is 2. The highest BCUT2D eigenvalue weighted by Gasteiger charge is 2.21. The standard InChI is InChI=1S/C19H28N2O2S/c1-13(2)20-18(22)12-24-17-7-5-4-6-16(17)19(23)21-15-10-8-14(3)9-11-15/h4-7,13-15H,8-12H2,1-3H3,(H,20,22)(H,21,23). The Labute approximate surface area is 149 Å². The Kier molecular flexibility index (Phi) is 7.16. The molecule has 1 aromatic rings. The molecule has 2 rings (SSSR count). The molecular formula is C19H28N2O2S. The van der Waals surface area contributed by atoms with Crippen molar-refractivity contribution in [3.05, 3.63) is 29.8 Å². The Bertz CT molecular complexity index is 566. The van der Waals surface area contributed by atoms with Gasteiger partial charge in [0.25, 0.3) is 5.91 Å². The van der Waals surface area contributed by atoms with E-state index in [1.165, 1.54) is 24.6 Å². The molecule has 4 nitrogen and oxygen atoms in total. The van der Waals surface area contributed by atoms with Crippen molar-refractivity contribution < 1.29 is 9.59 Å². The predicted molar refractivity (Wildman–Crippen MR) is 99.3 cm³/mol. The fourth-order valence-electron chi connectivity index (χ4n) is 2.95. The summed E-state index contributed by atoms with van der Waals surface area (Å²) in [4.78, 5) is 25.3. The summed E-state index contributed by atoms with van der Waals surface area (Å²) in [6, 6.07) is 7.92. The minimum Gasteiger partial charge on any atom is -0.353 e. The molecule has 1 aliphatic carbocycles. The van der Waals surface area contributed by atoms with E-state index in [-0.39, 0.29) is 23.9 Å². The largest absolute Gasteiger partial charge is 0.353 e. The van der Waals surface area contributed by atoms with Gasteiger partial charge < -0.3 is 10.6 Å². The molecule has 1 aliphatic rings. The molecule has 0 bridgehead atoms. The summed E-state index contributed by atoms with van der Waals surface area (Å²) in [6.45, 7) is 6.15. The first kappa shape index (κ1) is 18.8. The van der Waals surface area contributed by atoms with E-state index in [1.54, 1.807) is 0 Å². The zero-order chi connectivity index (χ0) is 17.5. The molecule has 24 heavy (non-hydrogen) atoms. The second-order valence-electron chi connectivity index (χ2n) is 6.94. The lowest BCUT2D eigenvalue weighted by molar-refractivity contribution is -0.119. The van der Waals surface area contributed by atoms with Crippen LogP contribution in [0.25, 0.3) is 0 Å². The molecule has 0 unspecified atom stereocenters. The molecule has 0 spiro atoms. The second kappa shape index (κ2) is 9.11. The van der Waals surface area contributed by atoms with Gasteiger partial charge >= 0.3 is 0 Å². The minimum atomic E-state index is -0.0260. The van der Waals surface area contributed by atoms with Crippen molar-refractivity contribution in [3.8, 4) is 0 Å². The molecule has 0 heterocycles. The van der Waals surface area contributed by atoms with Crippen molar-refractivity contribution in [2.24, 2.45) is 5.92 Å². The summed E-state index contributed by atoms with van der Waals surface area (Å²) in [6.07, 6.45) is 4.46. The fraction of sp³-hybridized carbons (Fsp3) is 0.579. The van der Waals surface area contributed by atoms with E-state index in [1.807, 2.05) is 38.1 Å². The van der Waals surface area contributed by atoms with Crippen molar-refractivity contribution in [1.82, 2.24) is 10.6 Å². The highest BCUT2D eigenvalue weighted by atomic mass is 32.2. The number of hydrogen-bond donors (Lipinski definition) is 2. The first-order valence-electron chi connectivity index (χ1n) is 8.77. The summed E-state index contributed by atoms with van der Waals surface area (Å²) < 4.78 is 0. The third-order valence-corrected chi connectivity index (χ3v) is 5.36. The van der Waals surface area contributed by atoms with Crippen molar-refractivity contribution in [2.75, 3.05) is 5.75 Å². The normalized spacial score (nSPS) is 20.7. The van der Waals surface area contributed by atoms with Crippen LogP contribution < -0.4 is 10.6 Å². The van der Waals surface area contributed by atoms with Crippen LogP contribution >= 0.6 is 11.8 Å². The van der Waals surface area contributed by atoms with Crippen LogP contribution in [-0.4, -0.2) is 29.7 Å². The van der Waals surface area contributed by atoms with E-state index in [0.29, 0.717) is 11.3 Å². The topological polar surface area (TPSA) is 58.2 Å². The number of carbonyl (C=O) groups is 2. The summed E-state index contributed by atoms with van der Waals surface area (Å²) in [5.74, 6) is 1.05. The number of carbonyl (C=O) groups excluding carboxylic acids is 2. The summed E-state index contributed by atoms with van der Waals surface area (Å²) >= 11 is 1.42. The highest BCUT2D eigenvalue weighted by molar-refractivity contribution is 8.00. The minimum absolute atomic E-state index is 0.00789. The monoisotopic (exact) mass is 348 g/mol. The lowest BCUT2D eigenvalue weighted by atomic mass is 9.87. The highest BCUT2D eigenvalue weighted by Crippen LogP contribution is 2.25. The SMILES string of the molecule is CC1CCC(NC(=O)c2ccccc2SCC(=O)NC(C)C)CC1. The first-order valence-corrected chi connectivity index (χ1v) is 9.76. The molecule has 0 aliphatic heterocycles. The Morgan fingerprint density at radius 2 is 1.83 bits per heavy atom. The number of hydrogen-bond acceptors (Lipinski definition) is 3. The van der Waals surface area contributed by atoms with Crippen LogP contribution in [0.5, 0.6) is 0 Å². The lowest BCUT2D eigenvalue weighted by Crippen LogP contribution is -2.37. The average molecular weight is 349 g/mol. The Balaban J connectivity index is 1.94. The Hall–Kier alpha value is -1.49. The first-order chi connectivity index (χ1) is 11.5. The molecule has 132 valence electrons. The van der Waals surface area contributed by atoms with Crippen molar-refractivity contribution in [3.63, 3.8) is 0 Å². The van der Waals surface area contributed by atoms with Crippen LogP contribution in [0.15, 0.2) is 29.2 Å². The van der Waals surface area contributed by atoms with Gasteiger partial charge in [-0.15, -0.1) is 11.8 Å². The van der Waals surface area contributed by atoms with E-state index < -0.39 is 0 Å². The fourth-order valence-corrected chi connectivity index (χ4v) is 3.82. The second-order valence-corrected chi connectivity index (χ2v) is 7.95. The molecule has 0 aromatic heterocycles. The van der Waals surface area contributed by atoms with E-state index in [4.69, 9.17) is 0 Å². The number of thioether (sulfide) groups is 1. The Morgan fingerprint density at radius 3 is 2.50 bits per heavy atom. The van der Waals surface area contributed by atoms with Gasteiger partial charge in [0.1, 0.15) is 0 Å². The van der Waals surface area contributed by atoms with Crippen LogP contribution in [0.2, 0.25) is 0 Å². The summed E-state index contributed by atoms with van der Waals surface area (Å²) in [7, 11) is 0. The van der Waals surface area contributed by atoms with E-state index in [9.17, 15) is 9.59 Å². The zero-order valence-electron chi connectivity index (χ0n) is 14.8. The summed E-state index contributed by atoms with van der Waals surface area (Å²) in [5.41, 5.74) is 0.665. The van der Waals surface area contributed by atoms with Gasteiger partial charge in [0.05, 0.1) is 11.3 Å². The van der Waals surface area contributed by atoms with Crippen LogP contribution in [0.4, 0.5) is 0 Å². The number of amides is 2. The molecule has 1 saturated carbocycles. The molecule has 2 N–H and O–H groups in total. The molecule has 1 fully saturated rings. The molecule has 5 heteroatoms. The maximum atomic E-state index is 12.6. The third-order valence-electron chi connectivity index (χ3n) is 4.29. The van der Waals surface area contributed by atoms with Gasteiger partial charge in [-0.05, 0) is 57.6 Å². The maximum Gasteiger partial charge on any atom is 0.252 e. The van der Waals surface area contributed by atoms with Gasteiger partial charge in [0.2, 0.25) is 5.91 Å². The Morgan fingerprint density at radius 1 is 1.17 bits per heavy atom. The number of benzene rings is 1. The van der Waals surface area contributed by atoms with Crippen molar-refractivity contribution in [2.45, 2.75) is 63.4 Å². The van der Waals surface area contributed by atoms with Gasteiger partial charge in [-0.25, -0.2) is 0 Å². The van der Waals surface area contributed by atoms with Gasteiger partial charge in [0.15, 0.2) is 0 Å². The van der Waals surface area contributed by atoms with Gasteiger partial charge in [-0.3, -0.25) is 9.59 Å². The van der Waals surface area contributed by atoms with Crippen LogP contribution in [0.3, 0.4) is 0 Å². The van der Waals surface area contributed by atoms with Gasteiger partial charge in [-0.2, -0.15) is 0 Å². The molecular weight excluding hydrogens is 320 g/mol. The average Bonchev–Trinajstić information content (AvgIpc) is 2.54. The zero-order valence-corrected chi connectivity index (χ0v) is 15.6. The smallest absolute Gasteiger partial charge is 0.252 e. The molecule has 0 atom stereocenters. The maximum absolute atomic E-state index is 12.6. The molecule has 0 saturated heterocycles. The van der Waals surface area contributed by atoms with Crippen LogP contribution in [-0.2, 0) is 4.79 Å². The summed E-state index contributed by atoms with van der Waals surface area (Å²) in [5, 5.41) is 6.03. The van der Waals surface area contributed by atoms with Crippen molar-refractivity contribution in [1.29, 1.82) is 0 Å². The molecule has 2 amide bonds.